The summed E-state index contributed by atoms with van der Waals surface area (Å²) in [6.45, 7) is -1.39. The Bertz CT molecular complexity index is 515. The lowest BCUT2D eigenvalue weighted by Gasteiger charge is -2.18. The lowest BCUT2D eigenvalue weighted by molar-refractivity contribution is -0.175. The van der Waals surface area contributed by atoms with Gasteiger partial charge in [-0.05, 0) is 37.0 Å². The molecule has 4 nitrogen and oxygen atoms in total. The third kappa shape index (κ3) is 4.63. The van der Waals surface area contributed by atoms with Crippen molar-refractivity contribution in [1.82, 2.24) is 0 Å². The fourth-order valence-corrected chi connectivity index (χ4v) is 2.22. The Balaban J connectivity index is 1.87. The Morgan fingerprint density at radius 3 is 2.71 bits per heavy atom. The number of hydrogen-bond donors (Lipinski definition) is 1. The van der Waals surface area contributed by atoms with Gasteiger partial charge in [0, 0.05) is 5.56 Å². The third-order valence-corrected chi connectivity index (χ3v) is 3.13. The molecule has 0 saturated heterocycles. The quantitative estimate of drug-likeness (QED) is 0.516. The molecule has 0 radical (unpaired) electrons. The first-order chi connectivity index (χ1) is 9.99. The van der Waals surface area contributed by atoms with E-state index in [1.807, 2.05) is 6.07 Å². The van der Waals surface area contributed by atoms with Gasteiger partial charge in [-0.3, -0.25) is 0 Å². The molecule has 1 aromatic rings. The maximum atomic E-state index is 11.9. The normalized spacial score (nSPS) is 16.8. The van der Waals surface area contributed by atoms with Gasteiger partial charge in [0.15, 0.2) is 0 Å². The van der Waals surface area contributed by atoms with Gasteiger partial charge in [0.25, 0.3) is 0 Å². The van der Waals surface area contributed by atoms with E-state index in [0.29, 0.717) is 17.9 Å². The number of halogens is 3. The summed E-state index contributed by atoms with van der Waals surface area (Å²) < 4.78 is 45.4. The Morgan fingerprint density at radius 1 is 1.19 bits per heavy atom. The zero-order valence-corrected chi connectivity index (χ0v) is 11.3. The van der Waals surface area contributed by atoms with E-state index in [9.17, 15) is 13.2 Å². The minimum atomic E-state index is -4.32. The van der Waals surface area contributed by atoms with Crippen LogP contribution < -0.4 is 4.74 Å². The van der Waals surface area contributed by atoms with E-state index in [4.69, 9.17) is 9.94 Å². The molecule has 0 spiro atoms. The summed E-state index contributed by atoms with van der Waals surface area (Å²) in [6, 6.07) is 5.38. The van der Waals surface area contributed by atoms with Crippen molar-refractivity contribution in [3.05, 3.63) is 29.3 Å². The van der Waals surface area contributed by atoms with E-state index in [2.05, 4.69) is 9.89 Å². The average molecular weight is 303 g/mol. The molecule has 1 aromatic carbocycles. The largest absolute Gasteiger partial charge is 0.491 e. The van der Waals surface area contributed by atoms with Crippen molar-refractivity contribution in [2.24, 2.45) is 5.16 Å². The van der Waals surface area contributed by atoms with Crippen molar-refractivity contribution in [2.45, 2.75) is 25.4 Å². The standard InChI is InChI=1S/C14H16F3NO3/c15-14(16,17)9-20-6-7-21-11-5-4-10-2-1-3-13(18-19)12(10)8-11/h4-5,8,19H,1-3,6-7,9H2/b18-13-. The Morgan fingerprint density at radius 2 is 2.00 bits per heavy atom. The molecule has 7 heteroatoms. The lowest BCUT2D eigenvalue weighted by Crippen LogP contribution is -2.19. The van der Waals surface area contributed by atoms with Crippen LogP contribution in [-0.4, -0.2) is 36.9 Å². The van der Waals surface area contributed by atoms with Gasteiger partial charge in [0.05, 0.1) is 12.3 Å². The van der Waals surface area contributed by atoms with Crippen LogP contribution in [0, 0.1) is 0 Å². The van der Waals surface area contributed by atoms with E-state index in [1.54, 1.807) is 12.1 Å². The molecule has 1 aliphatic rings. The van der Waals surface area contributed by atoms with Crippen molar-refractivity contribution >= 4 is 5.71 Å². The van der Waals surface area contributed by atoms with Gasteiger partial charge in [0.2, 0.25) is 0 Å². The first-order valence-corrected chi connectivity index (χ1v) is 6.61. The second-order valence-electron chi connectivity index (χ2n) is 4.74. The number of benzene rings is 1. The fraction of sp³-hybridized carbons (Fsp3) is 0.500. The number of ether oxygens (including phenoxy) is 2. The molecule has 2 rings (SSSR count). The predicted molar refractivity (Wildman–Crippen MR) is 70.1 cm³/mol. The molecule has 0 aromatic heterocycles. The summed E-state index contributed by atoms with van der Waals surface area (Å²) >= 11 is 0. The van der Waals surface area contributed by atoms with Crippen LogP contribution in [0.15, 0.2) is 23.4 Å². The first kappa shape index (κ1) is 15.6. The molecule has 0 bridgehead atoms. The maximum absolute atomic E-state index is 11.9. The third-order valence-electron chi connectivity index (χ3n) is 3.13. The molecule has 0 amide bonds. The van der Waals surface area contributed by atoms with Gasteiger partial charge in [-0.15, -0.1) is 0 Å². The van der Waals surface area contributed by atoms with Crippen LogP contribution in [0.5, 0.6) is 5.75 Å². The number of hydrogen-bond acceptors (Lipinski definition) is 4. The van der Waals surface area contributed by atoms with Crippen molar-refractivity contribution in [2.75, 3.05) is 19.8 Å². The number of fused-ring (bicyclic) bond motifs is 1. The Hall–Kier alpha value is -1.76. The summed E-state index contributed by atoms with van der Waals surface area (Å²) in [5, 5.41) is 12.2. The zero-order chi connectivity index (χ0) is 15.3. The second-order valence-corrected chi connectivity index (χ2v) is 4.74. The molecule has 0 saturated carbocycles. The predicted octanol–water partition coefficient (Wildman–Crippen LogP) is 3.16. The van der Waals surface area contributed by atoms with Crippen LogP contribution in [-0.2, 0) is 11.2 Å². The van der Waals surface area contributed by atoms with Gasteiger partial charge in [-0.2, -0.15) is 13.2 Å². The number of nitrogens with zero attached hydrogens (tertiary/aromatic N) is 1. The van der Waals surface area contributed by atoms with Gasteiger partial charge in [0.1, 0.15) is 19.0 Å². The van der Waals surface area contributed by atoms with E-state index in [-0.39, 0.29) is 13.2 Å². The molecule has 116 valence electrons. The number of alkyl halides is 3. The van der Waals surface area contributed by atoms with E-state index >= 15 is 0 Å². The van der Waals surface area contributed by atoms with E-state index in [0.717, 1.165) is 24.0 Å². The average Bonchev–Trinajstić information content (AvgIpc) is 2.45. The Labute approximate surface area is 120 Å². The summed E-state index contributed by atoms with van der Waals surface area (Å²) in [6.07, 6.45) is -1.79. The maximum Gasteiger partial charge on any atom is 0.411 e. The summed E-state index contributed by atoms with van der Waals surface area (Å²) in [4.78, 5) is 0. The summed E-state index contributed by atoms with van der Waals surface area (Å²) in [7, 11) is 0. The minimum absolute atomic E-state index is 0.0282. The second kappa shape index (κ2) is 6.80. The van der Waals surface area contributed by atoms with Crippen molar-refractivity contribution in [3.8, 4) is 5.75 Å². The summed E-state index contributed by atoms with van der Waals surface area (Å²) in [5.41, 5.74) is 2.52. The number of rotatable bonds is 5. The highest BCUT2D eigenvalue weighted by molar-refractivity contribution is 6.02. The molecule has 0 unspecified atom stereocenters. The van der Waals surface area contributed by atoms with Crippen molar-refractivity contribution in [1.29, 1.82) is 0 Å². The molecule has 0 heterocycles. The molecule has 0 fully saturated rings. The molecule has 0 aliphatic heterocycles. The molecule has 1 aliphatic carbocycles. The van der Waals surface area contributed by atoms with Gasteiger partial charge in [-0.25, -0.2) is 0 Å². The molecule has 1 N–H and O–H groups in total. The topological polar surface area (TPSA) is 51.1 Å². The minimum Gasteiger partial charge on any atom is -0.491 e. The molecular formula is C14H16F3NO3. The van der Waals surface area contributed by atoms with Crippen molar-refractivity contribution < 1.29 is 27.9 Å². The SMILES string of the molecule is O/N=C1/CCCc2ccc(OCCOCC(F)(F)F)cc21. The van der Waals surface area contributed by atoms with Crippen LogP contribution in [0.1, 0.15) is 24.0 Å². The van der Waals surface area contributed by atoms with Gasteiger partial charge >= 0.3 is 6.18 Å². The molecule has 21 heavy (non-hydrogen) atoms. The van der Waals surface area contributed by atoms with Crippen molar-refractivity contribution in [3.63, 3.8) is 0 Å². The first-order valence-electron chi connectivity index (χ1n) is 6.61. The highest BCUT2D eigenvalue weighted by atomic mass is 19.4. The molecular weight excluding hydrogens is 287 g/mol. The van der Waals surface area contributed by atoms with Crippen LogP contribution in [0.25, 0.3) is 0 Å². The zero-order valence-electron chi connectivity index (χ0n) is 11.3. The molecule has 0 atom stereocenters. The van der Waals surface area contributed by atoms with Gasteiger partial charge in [-0.1, -0.05) is 11.2 Å². The fourth-order valence-electron chi connectivity index (χ4n) is 2.22. The smallest absolute Gasteiger partial charge is 0.411 e. The Kier molecular flexibility index (Phi) is 5.06. The lowest BCUT2D eigenvalue weighted by atomic mass is 9.90. The summed E-state index contributed by atoms with van der Waals surface area (Å²) in [5.74, 6) is 0.521. The monoisotopic (exact) mass is 303 g/mol. The van der Waals surface area contributed by atoms with Crippen LogP contribution in [0.2, 0.25) is 0 Å². The highest BCUT2D eigenvalue weighted by Gasteiger charge is 2.27. The van der Waals surface area contributed by atoms with Crippen LogP contribution in [0.4, 0.5) is 13.2 Å². The highest BCUT2D eigenvalue weighted by Crippen LogP contribution is 2.26. The van der Waals surface area contributed by atoms with E-state index < -0.39 is 12.8 Å². The number of aryl methyl sites for hydroxylation is 1. The van der Waals surface area contributed by atoms with Crippen LogP contribution in [0.3, 0.4) is 0 Å². The number of oxime groups is 1. The van der Waals surface area contributed by atoms with E-state index in [1.165, 1.54) is 0 Å². The van der Waals surface area contributed by atoms with Gasteiger partial charge < -0.3 is 14.7 Å². The van der Waals surface area contributed by atoms with Crippen LogP contribution >= 0.6 is 0 Å².